The average molecular weight is 598 g/mol. The Morgan fingerprint density at radius 2 is 1.91 bits per heavy atom. The topological polar surface area (TPSA) is 61.9 Å². The minimum Gasteiger partial charge on any atom is -0.469 e. The van der Waals surface area contributed by atoms with E-state index >= 15 is 0 Å². The molecule has 8 atom stereocenters. The van der Waals surface area contributed by atoms with Gasteiger partial charge in [0.05, 0.1) is 18.9 Å². The van der Waals surface area contributed by atoms with Crippen LogP contribution in [-0.4, -0.2) is 78.8 Å². The molecule has 7 heteroatoms. The van der Waals surface area contributed by atoms with Crippen LogP contribution in [0.4, 0.5) is 4.39 Å². The van der Waals surface area contributed by atoms with E-state index < -0.39 is 6.17 Å². The van der Waals surface area contributed by atoms with Crippen LogP contribution in [0.1, 0.15) is 97.8 Å². The number of ether oxygens (including phenoxy) is 1. The van der Waals surface area contributed by atoms with Crippen LogP contribution in [0.3, 0.4) is 0 Å². The number of nitrogens with one attached hydrogen (secondary N) is 1. The Balaban J connectivity index is 1.05. The molecule has 3 unspecified atom stereocenters. The number of amides is 1. The highest BCUT2D eigenvalue weighted by Gasteiger charge is 2.53. The number of piperidine rings is 3. The molecule has 1 saturated carbocycles. The first-order chi connectivity index (χ1) is 20.7. The van der Waals surface area contributed by atoms with Gasteiger partial charge in [0.25, 0.3) is 0 Å². The van der Waals surface area contributed by atoms with Crippen molar-refractivity contribution in [3.05, 3.63) is 23.3 Å². The highest BCUT2D eigenvalue weighted by Crippen LogP contribution is 2.50. The van der Waals surface area contributed by atoms with Crippen molar-refractivity contribution in [2.45, 2.75) is 122 Å². The molecule has 3 saturated heterocycles. The van der Waals surface area contributed by atoms with E-state index in [1.807, 2.05) is 0 Å². The lowest BCUT2D eigenvalue weighted by Gasteiger charge is -2.54. The molecule has 6 aliphatic rings. The summed E-state index contributed by atoms with van der Waals surface area (Å²) in [6.45, 7) is 10.8. The van der Waals surface area contributed by atoms with Crippen molar-refractivity contribution in [1.29, 1.82) is 0 Å². The Morgan fingerprint density at radius 1 is 1.14 bits per heavy atom. The van der Waals surface area contributed by atoms with Crippen LogP contribution in [0, 0.1) is 35.5 Å². The van der Waals surface area contributed by atoms with Crippen molar-refractivity contribution in [3.8, 4) is 0 Å². The minimum atomic E-state index is -0.653. The summed E-state index contributed by atoms with van der Waals surface area (Å²) in [6, 6.07) is 0.376. The number of esters is 1. The summed E-state index contributed by atoms with van der Waals surface area (Å²) in [4.78, 5) is 31.5. The fourth-order valence-electron chi connectivity index (χ4n) is 9.50. The highest BCUT2D eigenvalue weighted by atomic mass is 19.1. The van der Waals surface area contributed by atoms with Gasteiger partial charge in [-0.15, -0.1) is 0 Å². The Labute approximate surface area is 259 Å². The van der Waals surface area contributed by atoms with Gasteiger partial charge in [0.1, 0.15) is 6.17 Å². The van der Waals surface area contributed by atoms with Crippen molar-refractivity contribution >= 4 is 11.9 Å². The number of rotatable bonds is 8. The second-order valence-corrected chi connectivity index (χ2v) is 15.2. The maximum Gasteiger partial charge on any atom is 0.310 e. The summed E-state index contributed by atoms with van der Waals surface area (Å²) in [5.41, 5.74) is 2.77. The van der Waals surface area contributed by atoms with Crippen LogP contribution in [0.5, 0.6) is 0 Å². The van der Waals surface area contributed by atoms with Gasteiger partial charge in [0.2, 0.25) is 5.91 Å². The fourth-order valence-corrected chi connectivity index (χ4v) is 9.50. The zero-order valence-electron chi connectivity index (χ0n) is 27.2. The molecule has 0 aromatic carbocycles. The van der Waals surface area contributed by atoms with E-state index in [0.29, 0.717) is 43.1 Å². The lowest BCUT2D eigenvalue weighted by atomic mass is 9.67. The number of halogens is 1. The number of likely N-dealkylation sites (tertiary alicyclic amines) is 2. The molecule has 3 heterocycles. The molecule has 6 rings (SSSR count). The van der Waals surface area contributed by atoms with Crippen molar-refractivity contribution in [3.63, 3.8) is 0 Å². The largest absolute Gasteiger partial charge is 0.469 e. The van der Waals surface area contributed by atoms with Gasteiger partial charge in [0, 0.05) is 43.8 Å². The normalized spacial score (nSPS) is 39.6. The first kappa shape index (κ1) is 31.3. The van der Waals surface area contributed by atoms with Crippen LogP contribution in [0.15, 0.2) is 23.3 Å². The van der Waals surface area contributed by atoms with Gasteiger partial charge in [-0.25, -0.2) is 4.39 Å². The van der Waals surface area contributed by atoms with E-state index in [1.165, 1.54) is 31.9 Å². The SMILES string of the molecule is CCC[C@@H]1NC2(C)CCN(C3CCN(C[C@@H]4C[C@H](C5CC5)C(C5=CC[C@H](F)CC5)=CC4C)CC3)C(=O)C2C[C@@H]1C(=O)OC. The van der Waals surface area contributed by atoms with Crippen LogP contribution in [0.2, 0.25) is 0 Å². The summed E-state index contributed by atoms with van der Waals surface area (Å²) < 4.78 is 19.0. The quantitative estimate of drug-likeness (QED) is 0.345. The summed E-state index contributed by atoms with van der Waals surface area (Å²) in [5.74, 6) is 2.34. The number of nitrogens with zero attached hydrogens (tertiary/aromatic N) is 2. The Hall–Kier alpha value is -1.73. The van der Waals surface area contributed by atoms with E-state index in [9.17, 15) is 14.0 Å². The number of hydrogen-bond donors (Lipinski definition) is 1. The molecule has 1 amide bonds. The summed E-state index contributed by atoms with van der Waals surface area (Å²) in [6.07, 6.45) is 15.8. The van der Waals surface area contributed by atoms with Crippen molar-refractivity contribution in [2.75, 3.05) is 33.3 Å². The predicted molar refractivity (Wildman–Crippen MR) is 168 cm³/mol. The van der Waals surface area contributed by atoms with Gasteiger partial charge < -0.3 is 19.9 Å². The van der Waals surface area contributed by atoms with Crippen LogP contribution in [0.25, 0.3) is 0 Å². The molecule has 4 fully saturated rings. The molecular formula is C36H56FN3O3. The number of methoxy groups -OCH3 is 1. The number of fused-ring (bicyclic) bond motifs is 1. The summed E-state index contributed by atoms with van der Waals surface area (Å²) in [7, 11) is 1.47. The Bertz CT molecular complexity index is 1100. The van der Waals surface area contributed by atoms with Crippen molar-refractivity contribution in [1.82, 2.24) is 15.1 Å². The van der Waals surface area contributed by atoms with E-state index in [2.05, 4.69) is 48.0 Å². The first-order valence-corrected chi connectivity index (χ1v) is 17.6. The lowest BCUT2D eigenvalue weighted by molar-refractivity contribution is -0.158. The molecule has 0 aromatic rings. The van der Waals surface area contributed by atoms with Crippen LogP contribution >= 0.6 is 0 Å². The molecule has 3 aliphatic carbocycles. The maximum atomic E-state index is 14.0. The van der Waals surface area contributed by atoms with Gasteiger partial charge in [-0.1, -0.05) is 32.4 Å². The van der Waals surface area contributed by atoms with Gasteiger partial charge in [-0.2, -0.15) is 0 Å². The summed E-state index contributed by atoms with van der Waals surface area (Å²) in [5, 5.41) is 3.77. The van der Waals surface area contributed by atoms with E-state index in [1.54, 1.807) is 5.57 Å². The van der Waals surface area contributed by atoms with Gasteiger partial charge in [-0.05, 0) is 112 Å². The molecule has 240 valence electrons. The first-order valence-electron chi connectivity index (χ1n) is 17.6. The number of allylic oxidation sites excluding steroid dienone is 4. The molecule has 43 heavy (non-hydrogen) atoms. The van der Waals surface area contributed by atoms with E-state index in [0.717, 1.165) is 70.6 Å². The van der Waals surface area contributed by atoms with Gasteiger partial charge in [-0.3, -0.25) is 9.59 Å². The fraction of sp³-hybridized carbons (Fsp3) is 0.833. The van der Waals surface area contributed by atoms with Crippen LogP contribution in [-0.2, 0) is 14.3 Å². The zero-order chi connectivity index (χ0) is 30.3. The van der Waals surface area contributed by atoms with E-state index in [4.69, 9.17) is 4.74 Å². The van der Waals surface area contributed by atoms with Crippen LogP contribution < -0.4 is 5.32 Å². The molecule has 0 aromatic heterocycles. The molecule has 0 bridgehead atoms. The molecule has 3 aliphatic heterocycles. The minimum absolute atomic E-state index is 0.0794. The molecule has 1 N–H and O–H groups in total. The molecule has 0 radical (unpaired) electrons. The second kappa shape index (κ2) is 12.9. The van der Waals surface area contributed by atoms with Gasteiger partial charge >= 0.3 is 5.97 Å². The standard InChI is InChI=1S/C36H56FN3O3/c1-5-6-33-31(35(42)43-4)21-32-34(41)40(18-15-36(32,3)38-33)28-13-16-39(17-14-28)22-26-20-30(24-7-8-24)29(19-23(26)2)25-9-11-27(37)12-10-25/h9,19,23-24,26-28,30-33,38H,5-8,10-18,20-22H2,1-4H3/t23?,26-,27-,30+,31-,32?,33-,36?/m0/s1. The number of hydrogen-bond acceptors (Lipinski definition) is 5. The lowest BCUT2D eigenvalue weighted by Crippen LogP contribution is -2.69. The third-order valence-corrected chi connectivity index (χ3v) is 12.4. The Kier molecular flexibility index (Phi) is 9.41. The average Bonchev–Trinajstić information content (AvgIpc) is 3.84. The zero-order valence-corrected chi connectivity index (χ0v) is 27.2. The highest BCUT2D eigenvalue weighted by molar-refractivity contribution is 5.83. The third-order valence-electron chi connectivity index (χ3n) is 12.4. The third kappa shape index (κ3) is 6.50. The summed E-state index contributed by atoms with van der Waals surface area (Å²) >= 11 is 0. The number of carbonyl (C=O) groups is 2. The maximum absolute atomic E-state index is 14.0. The Morgan fingerprint density at radius 3 is 2.56 bits per heavy atom. The van der Waals surface area contributed by atoms with E-state index in [-0.39, 0.29) is 35.3 Å². The van der Waals surface area contributed by atoms with Crippen molar-refractivity contribution in [2.24, 2.45) is 35.5 Å². The van der Waals surface area contributed by atoms with Gasteiger partial charge in [0.15, 0.2) is 0 Å². The second-order valence-electron chi connectivity index (χ2n) is 15.2. The molecular weight excluding hydrogens is 541 g/mol. The molecule has 0 spiro atoms. The smallest absolute Gasteiger partial charge is 0.310 e. The monoisotopic (exact) mass is 597 g/mol. The number of carbonyl (C=O) groups excluding carboxylic acids is 2. The molecule has 6 nitrogen and oxygen atoms in total. The predicted octanol–water partition coefficient (Wildman–Crippen LogP) is 6.07. The number of alkyl halides is 1. The van der Waals surface area contributed by atoms with Crippen molar-refractivity contribution < 1.29 is 18.7 Å².